The molecule has 1 aromatic carbocycles. The Morgan fingerprint density at radius 2 is 2.25 bits per heavy atom. The Morgan fingerprint density at radius 3 is 3.12 bits per heavy atom. The minimum atomic E-state index is 0.764. The van der Waals surface area contributed by atoms with Gasteiger partial charge >= 0.3 is 0 Å². The summed E-state index contributed by atoms with van der Waals surface area (Å²) in [5.41, 5.74) is 5.65. The number of aromatic amines is 1. The number of benzene rings is 1. The van der Waals surface area contributed by atoms with Crippen molar-refractivity contribution in [3.8, 4) is 11.3 Å². The molecular weight excluding hydrogens is 222 g/mol. The van der Waals surface area contributed by atoms with E-state index in [1.165, 1.54) is 11.1 Å². The lowest BCUT2D eigenvalue weighted by Crippen LogP contribution is -2.03. The summed E-state index contributed by atoms with van der Waals surface area (Å²) in [6, 6.07) is 3.98. The summed E-state index contributed by atoms with van der Waals surface area (Å²) in [4.78, 5) is 0. The first-order valence-electron chi connectivity index (χ1n) is 5.33. The van der Waals surface area contributed by atoms with Crippen molar-refractivity contribution in [3.63, 3.8) is 0 Å². The smallest absolute Gasteiger partial charge is 0.0718 e. The summed E-state index contributed by atoms with van der Waals surface area (Å²) >= 11 is 6.28. The zero-order valence-corrected chi connectivity index (χ0v) is 9.73. The first-order valence-corrected chi connectivity index (χ1v) is 5.71. The number of aromatic nitrogens is 2. The van der Waals surface area contributed by atoms with Gasteiger partial charge in [-0.1, -0.05) is 17.7 Å². The van der Waals surface area contributed by atoms with Crippen molar-refractivity contribution in [1.82, 2.24) is 10.2 Å². The second-order valence-corrected chi connectivity index (χ2v) is 4.47. The van der Waals surface area contributed by atoms with Crippen LogP contribution in [0.5, 0.6) is 0 Å². The SMILES string of the molecule is Cc1ccc(Cl)c2c1NCCc1cn[nH]c1-2. The highest BCUT2D eigenvalue weighted by Gasteiger charge is 2.19. The number of hydrogen-bond donors (Lipinski definition) is 2. The topological polar surface area (TPSA) is 40.7 Å². The van der Waals surface area contributed by atoms with Crippen LogP contribution >= 0.6 is 11.6 Å². The van der Waals surface area contributed by atoms with Gasteiger partial charge in [0.1, 0.15) is 0 Å². The highest BCUT2D eigenvalue weighted by molar-refractivity contribution is 6.34. The molecule has 3 rings (SSSR count). The summed E-state index contributed by atoms with van der Waals surface area (Å²) in [5, 5.41) is 11.4. The highest BCUT2D eigenvalue weighted by atomic mass is 35.5. The van der Waals surface area contributed by atoms with Gasteiger partial charge in [-0.05, 0) is 30.5 Å². The first kappa shape index (κ1) is 9.73. The molecule has 0 atom stereocenters. The van der Waals surface area contributed by atoms with Gasteiger partial charge < -0.3 is 5.32 Å². The Hall–Kier alpha value is -1.48. The predicted molar refractivity (Wildman–Crippen MR) is 66.0 cm³/mol. The van der Waals surface area contributed by atoms with Crippen molar-refractivity contribution in [3.05, 3.63) is 34.5 Å². The number of rotatable bonds is 0. The molecule has 2 heterocycles. The van der Waals surface area contributed by atoms with E-state index < -0.39 is 0 Å². The molecule has 0 radical (unpaired) electrons. The molecule has 1 aliphatic rings. The van der Waals surface area contributed by atoms with Crippen molar-refractivity contribution in [2.75, 3.05) is 11.9 Å². The quantitative estimate of drug-likeness (QED) is 0.735. The largest absolute Gasteiger partial charge is 0.384 e. The van der Waals surface area contributed by atoms with Gasteiger partial charge in [-0.15, -0.1) is 0 Å². The summed E-state index contributed by atoms with van der Waals surface area (Å²) in [7, 11) is 0. The predicted octanol–water partition coefficient (Wildman–Crippen LogP) is 3.01. The number of nitrogens with zero attached hydrogens (tertiary/aromatic N) is 1. The molecule has 16 heavy (non-hydrogen) atoms. The molecule has 1 aliphatic heterocycles. The number of nitrogens with one attached hydrogen (secondary N) is 2. The summed E-state index contributed by atoms with van der Waals surface area (Å²) in [5.74, 6) is 0. The molecule has 2 aromatic rings. The fourth-order valence-electron chi connectivity index (χ4n) is 2.19. The standard InChI is InChI=1S/C12H12ClN3/c1-7-2-3-9(13)10-11(7)14-5-4-8-6-15-16-12(8)10/h2-3,6,14H,4-5H2,1H3,(H,15,16). The Kier molecular flexibility index (Phi) is 2.14. The van der Waals surface area contributed by atoms with E-state index in [4.69, 9.17) is 11.6 Å². The summed E-state index contributed by atoms with van der Waals surface area (Å²) < 4.78 is 0. The van der Waals surface area contributed by atoms with Gasteiger partial charge in [-0.3, -0.25) is 5.10 Å². The van der Waals surface area contributed by atoms with Gasteiger partial charge in [0.15, 0.2) is 0 Å². The Balaban J connectivity index is 2.35. The average Bonchev–Trinajstić information content (AvgIpc) is 2.64. The van der Waals surface area contributed by atoms with E-state index in [0.29, 0.717) is 0 Å². The maximum absolute atomic E-state index is 6.28. The number of H-pyrrole nitrogens is 1. The van der Waals surface area contributed by atoms with Gasteiger partial charge in [-0.2, -0.15) is 5.10 Å². The van der Waals surface area contributed by atoms with Crippen LogP contribution in [0, 0.1) is 6.92 Å². The first-order chi connectivity index (χ1) is 7.77. The van der Waals surface area contributed by atoms with Crippen LogP contribution in [0.15, 0.2) is 18.3 Å². The van der Waals surface area contributed by atoms with Crippen LogP contribution in [-0.4, -0.2) is 16.7 Å². The van der Waals surface area contributed by atoms with Crippen LogP contribution in [0.4, 0.5) is 5.69 Å². The van der Waals surface area contributed by atoms with E-state index in [1.807, 2.05) is 18.3 Å². The molecule has 0 unspecified atom stereocenters. The van der Waals surface area contributed by atoms with E-state index in [1.54, 1.807) is 0 Å². The number of halogens is 1. The number of hydrogen-bond acceptors (Lipinski definition) is 2. The number of fused-ring (bicyclic) bond motifs is 3. The second kappa shape index (κ2) is 3.52. The summed E-state index contributed by atoms with van der Waals surface area (Å²) in [6.45, 7) is 3.00. The zero-order valence-electron chi connectivity index (χ0n) is 8.97. The average molecular weight is 234 g/mol. The number of anilines is 1. The van der Waals surface area contributed by atoms with Crippen molar-refractivity contribution >= 4 is 17.3 Å². The van der Waals surface area contributed by atoms with Crippen LogP contribution < -0.4 is 5.32 Å². The monoisotopic (exact) mass is 233 g/mol. The van der Waals surface area contributed by atoms with Crippen LogP contribution in [0.25, 0.3) is 11.3 Å². The lowest BCUT2D eigenvalue weighted by Gasteiger charge is -2.12. The molecule has 3 nitrogen and oxygen atoms in total. The van der Waals surface area contributed by atoms with E-state index in [-0.39, 0.29) is 0 Å². The Morgan fingerprint density at radius 1 is 1.38 bits per heavy atom. The Labute approximate surface area is 98.8 Å². The molecule has 1 aromatic heterocycles. The third-order valence-electron chi connectivity index (χ3n) is 3.03. The molecule has 82 valence electrons. The van der Waals surface area contributed by atoms with E-state index in [2.05, 4.69) is 22.4 Å². The van der Waals surface area contributed by atoms with Crippen LogP contribution in [0.2, 0.25) is 5.02 Å². The lowest BCUT2D eigenvalue weighted by atomic mass is 10.0. The normalized spacial score (nSPS) is 13.6. The maximum atomic E-state index is 6.28. The van der Waals surface area contributed by atoms with Crippen LogP contribution in [0.3, 0.4) is 0 Å². The van der Waals surface area contributed by atoms with Crippen molar-refractivity contribution < 1.29 is 0 Å². The van der Waals surface area contributed by atoms with E-state index >= 15 is 0 Å². The molecule has 0 fully saturated rings. The minimum Gasteiger partial charge on any atom is -0.384 e. The maximum Gasteiger partial charge on any atom is 0.0718 e. The van der Waals surface area contributed by atoms with Gasteiger partial charge in [-0.25, -0.2) is 0 Å². The number of aryl methyl sites for hydroxylation is 1. The lowest BCUT2D eigenvalue weighted by molar-refractivity contribution is 1.03. The third kappa shape index (κ3) is 1.32. The molecule has 0 bridgehead atoms. The van der Waals surface area contributed by atoms with E-state index in [0.717, 1.165) is 34.9 Å². The molecule has 0 aliphatic carbocycles. The highest BCUT2D eigenvalue weighted by Crippen LogP contribution is 2.39. The van der Waals surface area contributed by atoms with Crippen molar-refractivity contribution in [2.24, 2.45) is 0 Å². The third-order valence-corrected chi connectivity index (χ3v) is 3.34. The fourth-order valence-corrected chi connectivity index (χ4v) is 2.44. The van der Waals surface area contributed by atoms with Crippen molar-refractivity contribution in [2.45, 2.75) is 13.3 Å². The molecule has 0 saturated carbocycles. The zero-order chi connectivity index (χ0) is 11.1. The minimum absolute atomic E-state index is 0.764. The molecule has 0 amide bonds. The molecule has 4 heteroatoms. The Bertz CT molecular complexity index is 545. The molecule has 0 saturated heterocycles. The fraction of sp³-hybridized carbons (Fsp3) is 0.250. The van der Waals surface area contributed by atoms with Crippen LogP contribution in [0.1, 0.15) is 11.1 Å². The van der Waals surface area contributed by atoms with Crippen molar-refractivity contribution in [1.29, 1.82) is 0 Å². The molecular formula is C12H12ClN3. The second-order valence-electron chi connectivity index (χ2n) is 4.06. The van der Waals surface area contributed by atoms with Gasteiger partial charge in [0.2, 0.25) is 0 Å². The molecule has 0 spiro atoms. The van der Waals surface area contributed by atoms with E-state index in [9.17, 15) is 0 Å². The summed E-state index contributed by atoms with van der Waals surface area (Å²) in [6.07, 6.45) is 2.85. The van der Waals surface area contributed by atoms with Gasteiger partial charge in [0.25, 0.3) is 0 Å². The van der Waals surface area contributed by atoms with Crippen LogP contribution in [-0.2, 0) is 6.42 Å². The molecule has 2 N–H and O–H groups in total. The van der Waals surface area contributed by atoms with Gasteiger partial charge in [0, 0.05) is 17.8 Å². The van der Waals surface area contributed by atoms with Gasteiger partial charge in [0.05, 0.1) is 16.9 Å².